The highest BCUT2D eigenvalue weighted by atomic mass is 32.1. The molecule has 1 N–H and O–H groups in total. The van der Waals surface area contributed by atoms with Gasteiger partial charge in [0.2, 0.25) is 0 Å². The molecule has 0 saturated carbocycles. The van der Waals surface area contributed by atoms with Gasteiger partial charge in [-0.3, -0.25) is 4.98 Å². The predicted octanol–water partition coefficient (Wildman–Crippen LogP) is 3.10. The van der Waals surface area contributed by atoms with E-state index >= 15 is 0 Å². The Morgan fingerprint density at radius 3 is 2.80 bits per heavy atom. The smallest absolute Gasteiger partial charge is 0.0849 e. The zero-order valence-electron chi connectivity index (χ0n) is 8.73. The second kappa shape index (κ2) is 4.43. The Bertz CT molecular complexity index is 433. The maximum atomic E-state index is 10.1. The van der Waals surface area contributed by atoms with Crippen LogP contribution in [0.5, 0.6) is 0 Å². The number of thiazole rings is 1. The van der Waals surface area contributed by atoms with E-state index in [0.717, 1.165) is 10.4 Å². The Hall–Kier alpha value is -0.710. The minimum Gasteiger partial charge on any atom is -0.388 e. The standard InChI is InChI=1S/C11H13NOS2/c1-7-3-10(8(2)15-7)11(13)4-9-5-12-6-14-9/h3,5-6,11,13H,4H2,1-2H3. The Morgan fingerprint density at radius 1 is 1.47 bits per heavy atom. The van der Waals surface area contributed by atoms with Gasteiger partial charge < -0.3 is 5.11 Å². The Labute approximate surface area is 97.2 Å². The van der Waals surface area contributed by atoms with Gasteiger partial charge in [-0.25, -0.2) is 0 Å². The van der Waals surface area contributed by atoms with E-state index in [1.165, 1.54) is 9.75 Å². The van der Waals surface area contributed by atoms with Gasteiger partial charge in [-0.05, 0) is 25.5 Å². The molecule has 2 rings (SSSR count). The van der Waals surface area contributed by atoms with Crippen LogP contribution in [0.25, 0.3) is 0 Å². The number of nitrogens with zero attached hydrogens (tertiary/aromatic N) is 1. The van der Waals surface area contributed by atoms with Crippen molar-refractivity contribution >= 4 is 22.7 Å². The molecule has 1 unspecified atom stereocenters. The summed E-state index contributed by atoms with van der Waals surface area (Å²) in [5, 5.41) is 10.1. The molecule has 0 spiro atoms. The summed E-state index contributed by atoms with van der Waals surface area (Å²) in [5.74, 6) is 0. The van der Waals surface area contributed by atoms with Crippen LogP contribution in [0.4, 0.5) is 0 Å². The largest absolute Gasteiger partial charge is 0.388 e. The predicted molar refractivity (Wildman–Crippen MR) is 64.6 cm³/mol. The van der Waals surface area contributed by atoms with E-state index in [0.29, 0.717) is 6.42 Å². The number of aliphatic hydroxyl groups excluding tert-OH is 1. The van der Waals surface area contributed by atoms with Crippen molar-refractivity contribution in [2.75, 3.05) is 0 Å². The fraction of sp³-hybridized carbons (Fsp3) is 0.364. The van der Waals surface area contributed by atoms with E-state index < -0.39 is 6.10 Å². The molecule has 80 valence electrons. The number of hydrogen-bond acceptors (Lipinski definition) is 4. The molecule has 0 aliphatic rings. The van der Waals surface area contributed by atoms with Crippen LogP contribution in [-0.2, 0) is 6.42 Å². The van der Waals surface area contributed by atoms with Crippen LogP contribution >= 0.6 is 22.7 Å². The lowest BCUT2D eigenvalue weighted by Gasteiger charge is -2.08. The minimum atomic E-state index is -0.393. The Kier molecular flexibility index (Phi) is 3.19. The molecule has 0 fully saturated rings. The highest BCUT2D eigenvalue weighted by molar-refractivity contribution is 7.12. The molecule has 0 aliphatic heterocycles. The molecule has 0 bridgehead atoms. The average molecular weight is 239 g/mol. The summed E-state index contributed by atoms with van der Waals surface area (Å²) in [4.78, 5) is 7.60. The van der Waals surface area contributed by atoms with Crippen molar-refractivity contribution in [3.63, 3.8) is 0 Å². The van der Waals surface area contributed by atoms with Gasteiger partial charge >= 0.3 is 0 Å². The first-order chi connectivity index (χ1) is 7.16. The zero-order chi connectivity index (χ0) is 10.8. The van der Waals surface area contributed by atoms with Crippen LogP contribution in [0, 0.1) is 13.8 Å². The van der Waals surface area contributed by atoms with Gasteiger partial charge in [0, 0.05) is 27.2 Å². The van der Waals surface area contributed by atoms with Crippen molar-refractivity contribution in [2.45, 2.75) is 26.4 Å². The summed E-state index contributed by atoms with van der Waals surface area (Å²) in [7, 11) is 0. The second-order valence-corrected chi connectivity index (χ2v) is 5.99. The zero-order valence-corrected chi connectivity index (χ0v) is 10.4. The highest BCUT2D eigenvalue weighted by Crippen LogP contribution is 2.28. The van der Waals surface area contributed by atoms with Gasteiger partial charge in [0.05, 0.1) is 11.6 Å². The summed E-state index contributed by atoms with van der Waals surface area (Å²) in [5.41, 5.74) is 2.86. The van der Waals surface area contributed by atoms with Crippen LogP contribution in [-0.4, -0.2) is 10.1 Å². The summed E-state index contributed by atoms with van der Waals surface area (Å²) < 4.78 is 0. The molecule has 2 nitrogen and oxygen atoms in total. The lowest BCUT2D eigenvalue weighted by atomic mass is 10.1. The molecule has 2 aromatic heterocycles. The third-order valence-corrected chi connectivity index (χ3v) is 4.10. The monoisotopic (exact) mass is 239 g/mol. The first-order valence-electron chi connectivity index (χ1n) is 4.79. The molecule has 15 heavy (non-hydrogen) atoms. The van der Waals surface area contributed by atoms with Crippen molar-refractivity contribution in [1.82, 2.24) is 4.98 Å². The van der Waals surface area contributed by atoms with Gasteiger partial charge in [0.25, 0.3) is 0 Å². The average Bonchev–Trinajstić information content (AvgIpc) is 2.75. The number of aryl methyl sites for hydroxylation is 2. The van der Waals surface area contributed by atoms with Gasteiger partial charge in [-0.15, -0.1) is 22.7 Å². The van der Waals surface area contributed by atoms with Crippen LogP contribution in [0.3, 0.4) is 0 Å². The lowest BCUT2D eigenvalue weighted by Crippen LogP contribution is -2.00. The Balaban J connectivity index is 2.14. The van der Waals surface area contributed by atoms with E-state index in [1.807, 2.05) is 6.20 Å². The maximum Gasteiger partial charge on any atom is 0.0849 e. The van der Waals surface area contributed by atoms with Crippen LogP contribution in [0.2, 0.25) is 0 Å². The molecule has 0 aliphatic carbocycles. The minimum absolute atomic E-state index is 0.393. The summed E-state index contributed by atoms with van der Waals surface area (Å²) in [6.07, 6.45) is 2.10. The van der Waals surface area contributed by atoms with Crippen molar-refractivity contribution in [3.8, 4) is 0 Å². The van der Waals surface area contributed by atoms with Crippen molar-refractivity contribution in [2.24, 2.45) is 0 Å². The first-order valence-corrected chi connectivity index (χ1v) is 6.49. The van der Waals surface area contributed by atoms with Crippen LogP contribution < -0.4 is 0 Å². The number of aliphatic hydroxyl groups is 1. The van der Waals surface area contributed by atoms with Gasteiger partial charge in [-0.2, -0.15) is 0 Å². The molecule has 0 amide bonds. The molecule has 0 saturated heterocycles. The number of hydrogen-bond donors (Lipinski definition) is 1. The SMILES string of the molecule is Cc1cc(C(O)Cc2cncs2)c(C)s1. The van der Waals surface area contributed by atoms with Gasteiger partial charge in [-0.1, -0.05) is 0 Å². The molecule has 1 atom stereocenters. The number of aromatic nitrogens is 1. The third-order valence-electron chi connectivity index (χ3n) is 2.32. The number of thiophene rings is 1. The fourth-order valence-electron chi connectivity index (χ4n) is 1.62. The van der Waals surface area contributed by atoms with Crippen molar-refractivity contribution < 1.29 is 5.11 Å². The van der Waals surface area contributed by atoms with E-state index in [2.05, 4.69) is 24.9 Å². The second-order valence-electron chi connectivity index (χ2n) is 3.56. The molecular formula is C11H13NOS2. The molecule has 2 aromatic rings. The third kappa shape index (κ3) is 2.45. The molecule has 2 heterocycles. The van der Waals surface area contributed by atoms with Crippen molar-refractivity contribution in [3.05, 3.63) is 38.0 Å². The summed E-state index contributed by atoms with van der Waals surface area (Å²) in [6, 6.07) is 2.08. The number of rotatable bonds is 3. The van der Waals surface area contributed by atoms with E-state index in [1.54, 1.807) is 28.2 Å². The Morgan fingerprint density at radius 2 is 2.27 bits per heavy atom. The first kappa shape index (κ1) is 10.8. The van der Waals surface area contributed by atoms with Crippen LogP contribution in [0.1, 0.15) is 26.3 Å². The maximum absolute atomic E-state index is 10.1. The summed E-state index contributed by atoms with van der Waals surface area (Å²) in [6.45, 7) is 4.13. The fourth-order valence-corrected chi connectivity index (χ4v) is 3.24. The molecule has 0 aromatic carbocycles. The summed E-state index contributed by atoms with van der Waals surface area (Å²) >= 11 is 3.33. The van der Waals surface area contributed by atoms with Crippen LogP contribution in [0.15, 0.2) is 17.8 Å². The lowest BCUT2D eigenvalue weighted by molar-refractivity contribution is 0.179. The van der Waals surface area contributed by atoms with E-state index in [-0.39, 0.29) is 0 Å². The molecule has 0 radical (unpaired) electrons. The van der Waals surface area contributed by atoms with E-state index in [4.69, 9.17) is 0 Å². The normalized spacial score (nSPS) is 13.0. The molecule has 4 heteroatoms. The van der Waals surface area contributed by atoms with Crippen molar-refractivity contribution in [1.29, 1.82) is 0 Å². The van der Waals surface area contributed by atoms with E-state index in [9.17, 15) is 5.11 Å². The van der Waals surface area contributed by atoms with Gasteiger partial charge in [0.1, 0.15) is 0 Å². The quantitative estimate of drug-likeness (QED) is 0.893. The topological polar surface area (TPSA) is 33.1 Å². The molecular weight excluding hydrogens is 226 g/mol. The van der Waals surface area contributed by atoms with Gasteiger partial charge in [0.15, 0.2) is 0 Å². The highest BCUT2D eigenvalue weighted by Gasteiger charge is 2.14.